The van der Waals surface area contributed by atoms with Gasteiger partial charge in [-0.25, -0.2) is 9.07 Å². The minimum Gasteiger partial charge on any atom is -0.349 e. The molecule has 2 unspecified atom stereocenters. The number of hydrogen-bond donors (Lipinski definition) is 1. The molecule has 3 amide bonds. The van der Waals surface area contributed by atoms with E-state index in [1.54, 1.807) is 30.9 Å². The molecule has 2 aromatic heterocycles. The van der Waals surface area contributed by atoms with Crippen LogP contribution in [0.25, 0.3) is 5.82 Å². The first-order chi connectivity index (χ1) is 22.3. The summed E-state index contributed by atoms with van der Waals surface area (Å²) < 4.78 is 54.2. The first kappa shape index (κ1) is 32.5. The number of carbonyl (C=O) groups excluding carboxylic acids is 3. The Kier molecular flexibility index (Phi) is 8.76. The highest BCUT2D eigenvalue weighted by Crippen LogP contribution is 2.34. The molecule has 0 bridgehead atoms. The fourth-order valence-corrected chi connectivity index (χ4v) is 6.91. The summed E-state index contributed by atoms with van der Waals surface area (Å²) in [6.07, 6.45) is -4.04. The first-order valence-electron chi connectivity index (χ1n) is 15.6. The first-order valence-corrected chi connectivity index (χ1v) is 15.6. The van der Waals surface area contributed by atoms with Crippen molar-refractivity contribution < 1.29 is 31.9 Å². The summed E-state index contributed by atoms with van der Waals surface area (Å²) in [5.74, 6) is -0.461. The van der Waals surface area contributed by atoms with Gasteiger partial charge in [-0.15, -0.1) is 10.2 Å². The van der Waals surface area contributed by atoms with E-state index in [0.717, 1.165) is 19.2 Å². The third-order valence-corrected chi connectivity index (χ3v) is 9.51. The quantitative estimate of drug-likeness (QED) is 0.371. The average Bonchev–Trinajstić information content (AvgIpc) is 3.64. The van der Waals surface area contributed by atoms with Crippen molar-refractivity contribution in [2.75, 3.05) is 45.8 Å². The highest BCUT2D eigenvalue weighted by Gasteiger charge is 2.43. The van der Waals surface area contributed by atoms with E-state index < -0.39 is 11.9 Å². The van der Waals surface area contributed by atoms with Gasteiger partial charge in [-0.05, 0) is 61.9 Å². The maximum absolute atomic E-state index is 14.1. The largest absolute Gasteiger partial charge is 0.435 e. The number of carbonyl (C=O) groups is 3. The molecule has 250 valence electrons. The number of aryl methyl sites for hydroxylation is 1. The summed E-state index contributed by atoms with van der Waals surface area (Å²) in [7, 11) is 0. The van der Waals surface area contributed by atoms with E-state index in [-0.39, 0.29) is 53.2 Å². The van der Waals surface area contributed by atoms with Gasteiger partial charge in [0, 0.05) is 52.7 Å². The smallest absolute Gasteiger partial charge is 0.349 e. The molecule has 3 aliphatic rings. The predicted octanol–water partition coefficient (Wildman–Crippen LogP) is 3.17. The minimum atomic E-state index is -4.61. The Hall–Kier alpha value is -4.40. The number of amides is 3. The molecule has 11 nitrogen and oxygen atoms in total. The van der Waals surface area contributed by atoms with Crippen LogP contribution >= 0.6 is 0 Å². The predicted molar refractivity (Wildman–Crippen MR) is 161 cm³/mol. The van der Waals surface area contributed by atoms with Crippen molar-refractivity contribution in [2.45, 2.75) is 39.4 Å². The molecule has 6 rings (SSSR count). The second-order valence-electron chi connectivity index (χ2n) is 12.7. The van der Waals surface area contributed by atoms with Crippen LogP contribution in [0, 0.1) is 37.4 Å². The maximum atomic E-state index is 14.1. The molecule has 47 heavy (non-hydrogen) atoms. The maximum Gasteiger partial charge on any atom is 0.435 e. The van der Waals surface area contributed by atoms with E-state index in [9.17, 15) is 31.9 Å². The summed E-state index contributed by atoms with van der Waals surface area (Å²) in [5.41, 5.74) is 0.901. The van der Waals surface area contributed by atoms with Crippen LogP contribution in [-0.4, -0.2) is 98.2 Å². The number of rotatable bonds is 8. The van der Waals surface area contributed by atoms with Gasteiger partial charge in [-0.1, -0.05) is 12.1 Å². The molecule has 3 aliphatic heterocycles. The van der Waals surface area contributed by atoms with Crippen LogP contribution in [0.2, 0.25) is 0 Å². The minimum absolute atomic E-state index is 0.0658. The van der Waals surface area contributed by atoms with Crippen LogP contribution in [0.5, 0.6) is 0 Å². The summed E-state index contributed by atoms with van der Waals surface area (Å²) in [5, 5.41) is 14.4. The number of halogens is 4. The molecule has 0 aliphatic carbocycles. The zero-order chi connectivity index (χ0) is 33.6. The highest BCUT2D eigenvalue weighted by molar-refractivity contribution is 5.96. The molecule has 0 radical (unpaired) electrons. The monoisotopic (exact) mass is 656 g/mol. The average molecular weight is 657 g/mol. The fraction of sp³-hybridized carbons (Fsp3) is 0.500. The van der Waals surface area contributed by atoms with Crippen molar-refractivity contribution >= 4 is 17.7 Å². The number of fused-ring (bicyclic) bond motifs is 1. The lowest BCUT2D eigenvalue weighted by molar-refractivity contribution is -0.142. The fourth-order valence-electron chi connectivity index (χ4n) is 6.91. The number of hydrogen-bond acceptors (Lipinski definition) is 7. The van der Waals surface area contributed by atoms with E-state index >= 15 is 0 Å². The highest BCUT2D eigenvalue weighted by atomic mass is 19.4. The number of aromatic nitrogens is 4. The standard InChI is InChI=1S/C32H36F4N8O3/c1-18-29(19(2)44(40-18)28-8-7-27(38-39-28)32(34,35)36)31(47)43-14-22-12-41(13-23(22)15-43)10-9-26(21-5-4-6-25(33)11-21)37-30(46)24-16-42(17-24)20(3)45/h4-8,11,22-24,26H,9-10,12-17H2,1-3H3,(H,37,46)/t22-,23?,26?/m0/s1. The lowest BCUT2D eigenvalue weighted by atomic mass is 9.97. The number of alkyl halides is 3. The van der Waals surface area contributed by atoms with E-state index in [1.807, 2.05) is 4.90 Å². The summed E-state index contributed by atoms with van der Waals surface area (Å²) in [4.78, 5) is 43.9. The summed E-state index contributed by atoms with van der Waals surface area (Å²) >= 11 is 0. The van der Waals surface area contributed by atoms with Gasteiger partial charge >= 0.3 is 6.18 Å². The normalized spacial score (nSPS) is 20.7. The van der Waals surface area contributed by atoms with Gasteiger partial charge in [0.1, 0.15) is 5.82 Å². The van der Waals surface area contributed by atoms with Gasteiger partial charge in [0.05, 0.1) is 28.9 Å². The number of benzene rings is 1. The zero-order valence-corrected chi connectivity index (χ0v) is 26.3. The van der Waals surface area contributed by atoms with Gasteiger partial charge in [-0.2, -0.15) is 18.3 Å². The van der Waals surface area contributed by atoms with Crippen LogP contribution in [0.1, 0.15) is 52.4 Å². The molecule has 0 saturated carbocycles. The van der Waals surface area contributed by atoms with Crippen LogP contribution < -0.4 is 5.32 Å². The van der Waals surface area contributed by atoms with Crippen LogP contribution in [-0.2, 0) is 15.8 Å². The number of nitrogens with zero attached hydrogens (tertiary/aromatic N) is 7. The Morgan fingerprint density at radius 1 is 0.957 bits per heavy atom. The van der Waals surface area contributed by atoms with Crippen molar-refractivity contribution in [3.63, 3.8) is 0 Å². The Bertz CT molecular complexity index is 1660. The van der Waals surface area contributed by atoms with Gasteiger partial charge in [-0.3, -0.25) is 14.4 Å². The Balaban J connectivity index is 1.06. The van der Waals surface area contributed by atoms with E-state index in [0.29, 0.717) is 61.7 Å². The molecule has 3 atom stereocenters. The molecule has 3 saturated heterocycles. The number of nitrogens with one attached hydrogen (secondary N) is 1. The van der Waals surface area contributed by atoms with Crippen LogP contribution in [0.4, 0.5) is 17.6 Å². The second-order valence-corrected chi connectivity index (χ2v) is 12.7. The summed E-state index contributed by atoms with van der Waals surface area (Å²) in [6, 6.07) is 7.85. The third-order valence-electron chi connectivity index (χ3n) is 9.51. The van der Waals surface area contributed by atoms with E-state index in [2.05, 4.69) is 25.5 Å². The topological polar surface area (TPSA) is 117 Å². The van der Waals surface area contributed by atoms with Gasteiger partial charge < -0.3 is 20.0 Å². The Labute approximate surface area is 268 Å². The van der Waals surface area contributed by atoms with E-state index in [4.69, 9.17) is 0 Å². The van der Waals surface area contributed by atoms with Crippen molar-refractivity contribution in [1.29, 1.82) is 0 Å². The molecular formula is C32H36F4N8O3. The third kappa shape index (κ3) is 6.71. The number of likely N-dealkylation sites (tertiary alicyclic amines) is 3. The molecule has 0 spiro atoms. The molecule has 3 fully saturated rings. The van der Waals surface area contributed by atoms with Crippen molar-refractivity contribution in [2.24, 2.45) is 17.8 Å². The molecule has 1 aromatic carbocycles. The second kappa shape index (κ2) is 12.7. The summed E-state index contributed by atoms with van der Waals surface area (Å²) in [6.45, 7) is 8.93. The molecule has 5 heterocycles. The van der Waals surface area contributed by atoms with Crippen LogP contribution in [0.3, 0.4) is 0 Å². The van der Waals surface area contributed by atoms with Crippen LogP contribution in [0.15, 0.2) is 36.4 Å². The van der Waals surface area contributed by atoms with Crippen molar-refractivity contribution in [3.8, 4) is 5.82 Å². The zero-order valence-electron chi connectivity index (χ0n) is 26.3. The lowest BCUT2D eigenvalue weighted by Crippen LogP contribution is -2.55. The van der Waals surface area contributed by atoms with Crippen molar-refractivity contribution in [1.82, 2.24) is 40.0 Å². The van der Waals surface area contributed by atoms with Crippen molar-refractivity contribution in [3.05, 3.63) is 70.4 Å². The molecule has 15 heteroatoms. The van der Waals surface area contributed by atoms with Gasteiger partial charge in [0.2, 0.25) is 11.8 Å². The van der Waals surface area contributed by atoms with Gasteiger partial charge in [0.25, 0.3) is 5.91 Å². The Morgan fingerprint density at radius 3 is 2.26 bits per heavy atom. The molecule has 1 N–H and O–H groups in total. The SMILES string of the molecule is CC(=O)N1CC(C(=O)NC(CCN2CC3CN(C(=O)c4c(C)nn(-c5ccc(C(F)(F)F)nn5)c4C)C[C@@H]3C2)c2cccc(F)c2)C1. The molecule has 3 aromatic rings. The molecular weight excluding hydrogens is 620 g/mol. The lowest BCUT2D eigenvalue weighted by Gasteiger charge is -2.38. The van der Waals surface area contributed by atoms with Gasteiger partial charge in [0.15, 0.2) is 11.5 Å². The van der Waals surface area contributed by atoms with E-state index in [1.165, 1.54) is 29.8 Å². The Morgan fingerprint density at radius 2 is 1.66 bits per heavy atom.